The van der Waals surface area contributed by atoms with Crippen LogP contribution in [0.1, 0.15) is 109 Å². The molecule has 131 heavy (non-hydrogen) atoms. The highest BCUT2D eigenvalue weighted by Crippen LogP contribution is 2.35. The first kappa shape index (κ1) is 86.4. The summed E-state index contributed by atoms with van der Waals surface area (Å²) in [6, 6.07) is 13.6. The van der Waals surface area contributed by atoms with Crippen LogP contribution in [0, 0.1) is 6.57 Å². The zero-order valence-corrected chi connectivity index (χ0v) is 70.9. The van der Waals surface area contributed by atoms with Crippen molar-refractivity contribution in [3.63, 3.8) is 0 Å². The summed E-state index contributed by atoms with van der Waals surface area (Å²) in [5.74, 6) is 0.498. The van der Waals surface area contributed by atoms with Gasteiger partial charge in [-0.1, -0.05) is 0 Å². The third kappa shape index (κ3) is 17.2. The number of carbonyl (C=O) groups is 4. The summed E-state index contributed by atoms with van der Waals surface area (Å²) in [4.78, 5) is 238. The molecule has 0 bridgehead atoms. The molecule has 0 aromatic carbocycles. The second-order valence-electron chi connectivity index (χ2n) is 31.5. The molecule has 0 atom stereocenters. The molecule has 44 nitrogen and oxygen atoms in total. The number of likely N-dealkylation sites (tertiary alicyclic amines) is 4. The van der Waals surface area contributed by atoms with Crippen molar-refractivity contribution in [2.45, 2.75) is 110 Å². The number of anilines is 1. The lowest BCUT2D eigenvalue weighted by Gasteiger charge is -2.32. The zero-order valence-electron chi connectivity index (χ0n) is 70.9. The largest absolute Gasteiger partial charge is 0.467 e. The van der Waals surface area contributed by atoms with Crippen LogP contribution < -0.4 is 55.5 Å². The predicted molar refractivity (Wildman–Crippen MR) is 477 cm³/mol. The van der Waals surface area contributed by atoms with Gasteiger partial charge in [0.25, 0.3) is 22.2 Å². The summed E-state index contributed by atoms with van der Waals surface area (Å²) in [5.41, 5.74) is 11.8. The van der Waals surface area contributed by atoms with Crippen molar-refractivity contribution in [3.05, 3.63) is 223 Å². The topological polar surface area (TPSA) is 567 Å². The number of aromatic amines is 4. The number of methoxy groups -OCH3 is 1. The number of nitrogen functional groups attached to an aromatic ring is 1. The monoisotopic (exact) mass is 1770 g/mol. The summed E-state index contributed by atoms with van der Waals surface area (Å²) < 4.78 is 11.4. The highest BCUT2D eigenvalue weighted by Gasteiger charge is 2.32. The van der Waals surface area contributed by atoms with Crippen LogP contribution in [0.15, 0.2) is 161 Å². The number of nitrogens with two attached hydrogens (primary N) is 1. The molecule has 0 saturated carbocycles. The average molecular weight is 1770 g/mol. The summed E-state index contributed by atoms with van der Waals surface area (Å²) in [7, 11) is 1.48. The number of aromatic nitrogens is 24. The van der Waals surface area contributed by atoms with Gasteiger partial charge in [0.15, 0.2) is 5.82 Å². The lowest BCUT2D eigenvalue weighted by Crippen LogP contribution is -2.41. The van der Waals surface area contributed by atoms with E-state index in [4.69, 9.17) is 37.0 Å². The number of H-pyrrole nitrogens is 4. The standard InChI is InChI=1S/C22H18N8O3.2C22H21N7O4.C21H20N8O3/c1-12(31)29-7-5-14(6-8-29)30-19-15(20(32)28-22(30)33)11-24-17-4-3-16(27-18(17)19)13-9-25-21(23-2)26-10-13;1-12(30)28-7-5-14(6-8-28)29-19-15(20(31)27-22(29)32)11-23-17-4-3-16(26-18(17)19)13-9-24-21(33-2)25-10-13;1-12(31)28-6-4-14(5-7-28)29-20-15(21(32)27-22(29)33)10-23-17-3-2-16(26-19(17)20)13-8-24-18(11-30)25-9-13;1-11(30)28-6-4-13(5-7-28)29-18-14(19(31)27-21(29)32)10-23-16-3-2-15(26-17(16)18)12-8-24-20(22)25-9-12/h3-4,9-11,14H,5-8H2,1H3,(H,28,32,33);3-4,9-11,14H,5-8H2,1-2H3,(H,27,31,32);2-3,8-10,14,30H,4-7,11H2,1H3,(H,27,32,33);2-3,8-10,13H,4-7H2,1H3,(H2,22,24,25)(H,27,31,32). The highest BCUT2D eigenvalue weighted by atomic mass is 16.5. The molecule has 4 saturated heterocycles. The number of piperidine rings is 4. The fourth-order valence-electron chi connectivity index (χ4n) is 17.1. The molecule has 0 unspecified atom stereocenters. The van der Waals surface area contributed by atoms with E-state index >= 15 is 0 Å². The Morgan fingerprint density at radius 2 is 0.618 bits per heavy atom. The lowest BCUT2D eigenvalue weighted by molar-refractivity contribution is -0.130. The zero-order chi connectivity index (χ0) is 91.7. The number of fused-ring (bicyclic) bond motifs is 12. The molecule has 16 aromatic rings. The number of carbonyl (C=O) groups excluding carboxylic acids is 4. The molecule has 16 aromatic heterocycles. The van der Waals surface area contributed by atoms with Crippen molar-refractivity contribution in [2.24, 2.45) is 0 Å². The smallest absolute Gasteiger partial charge is 0.371 e. The highest BCUT2D eigenvalue weighted by molar-refractivity contribution is 6.04. The second-order valence-corrected chi connectivity index (χ2v) is 31.5. The van der Waals surface area contributed by atoms with Gasteiger partial charge in [0, 0.05) is 183 Å². The van der Waals surface area contributed by atoms with Crippen LogP contribution in [0.4, 0.5) is 11.9 Å². The van der Waals surface area contributed by atoms with Crippen LogP contribution in [0.25, 0.3) is 138 Å². The molecule has 44 heteroatoms. The molecule has 20 heterocycles. The van der Waals surface area contributed by atoms with Crippen molar-refractivity contribution in [1.29, 1.82) is 0 Å². The number of rotatable bonds is 10. The Balaban J connectivity index is 0.000000122. The van der Waals surface area contributed by atoms with Crippen molar-refractivity contribution >= 4 is 123 Å². The summed E-state index contributed by atoms with van der Waals surface area (Å²) in [6.45, 7) is 17.1. The first-order chi connectivity index (χ1) is 63.3. The van der Waals surface area contributed by atoms with Crippen molar-refractivity contribution in [1.82, 2.24) is 138 Å². The third-order valence-electron chi connectivity index (χ3n) is 23.8. The molecule has 4 aliphatic heterocycles. The second kappa shape index (κ2) is 36.3. The Kier molecular flexibility index (Phi) is 23.9. The number of pyridine rings is 8. The van der Waals surface area contributed by atoms with Crippen LogP contribution in [-0.4, -0.2) is 226 Å². The normalized spacial score (nSPS) is 14.7. The maximum absolute atomic E-state index is 13.0. The van der Waals surface area contributed by atoms with Gasteiger partial charge in [-0.2, -0.15) is 9.97 Å². The molecule has 662 valence electrons. The number of hydrogen-bond donors (Lipinski definition) is 6. The number of hydrogen-bond acceptors (Lipinski definition) is 31. The van der Waals surface area contributed by atoms with Crippen LogP contribution in [0.5, 0.6) is 6.01 Å². The Hall–Kier alpha value is -16.8. The third-order valence-corrected chi connectivity index (χ3v) is 23.8. The minimum absolute atomic E-state index is 0.000429. The predicted octanol–water partition coefficient (Wildman–Crippen LogP) is 4.73. The van der Waals surface area contributed by atoms with Gasteiger partial charge in [-0.3, -0.25) is 96.5 Å². The molecule has 7 N–H and O–H groups in total. The molecule has 0 aliphatic carbocycles. The van der Waals surface area contributed by atoms with Crippen molar-refractivity contribution in [3.8, 4) is 51.0 Å². The minimum Gasteiger partial charge on any atom is -0.467 e. The molecular weight excluding hydrogens is 1690 g/mol. The van der Waals surface area contributed by atoms with E-state index in [-0.39, 0.29) is 93.9 Å². The molecule has 4 amide bonds. The van der Waals surface area contributed by atoms with E-state index in [1.165, 1.54) is 72.0 Å². The Morgan fingerprint density at radius 3 is 0.855 bits per heavy atom. The van der Waals surface area contributed by atoms with E-state index < -0.39 is 45.0 Å². The number of aliphatic hydroxyl groups is 1. The Bertz CT molecular complexity index is 7610. The van der Waals surface area contributed by atoms with Gasteiger partial charge in [0.1, 0.15) is 28.7 Å². The van der Waals surface area contributed by atoms with Gasteiger partial charge in [-0.15, -0.1) is 6.57 Å². The number of amides is 4. The molecule has 0 spiro atoms. The molecule has 4 aliphatic rings. The van der Waals surface area contributed by atoms with Gasteiger partial charge < -0.3 is 40.0 Å². The minimum atomic E-state index is -0.529. The summed E-state index contributed by atoms with van der Waals surface area (Å²) >= 11 is 0. The first-order valence-corrected chi connectivity index (χ1v) is 41.7. The fraction of sp³-hybridized carbons (Fsp3) is 0.299. The van der Waals surface area contributed by atoms with Crippen molar-refractivity contribution in [2.75, 3.05) is 65.2 Å². The first-order valence-electron chi connectivity index (χ1n) is 41.7. The van der Waals surface area contributed by atoms with E-state index in [0.717, 1.165) is 0 Å². The maximum Gasteiger partial charge on any atom is 0.371 e. The van der Waals surface area contributed by atoms with Crippen LogP contribution in [0.2, 0.25) is 0 Å². The maximum atomic E-state index is 13.0. The van der Waals surface area contributed by atoms with Crippen LogP contribution in [-0.2, 0) is 25.8 Å². The number of aliphatic hydroxyl groups excluding tert-OH is 1. The molecule has 20 rings (SSSR count). The molecular formula is C87H80N30O14. The Morgan fingerprint density at radius 1 is 0.374 bits per heavy atom. The van der Waals surface area contributed by atoms with E-state index in [9.17, 15) is 62.6 Å². The van der Waals surface area contributed by atoms with E-state index in [0.29, 0.717) is 221 Å². The average Bonchev–Trinajstić information content (AvgIpc) is 0.756. The van der Waals surface area contributed by atoms with Gasteiger partial charge in [0.2, 0.25) is 29.6 Å². The fourth-order valence-corrected chi connectivity index (χ4v) is 17.1. The van der Waals surface area contributed by atoms with Crippen LogP contribution in [0.3, 0.4) is 0 Å². The quantitative estimate of drug-likeness (QED) is 0.0796. The molecule has 0 radical (unpaired) electrons. The van der Waals surface area contributed by atoms with Crippen molar-refractivity contribution < 1.29 is 29.0 Å². The summed E-state index contributed by atoms with van der Waals surface area (Å²) in [5, 5.41) is 10.3. The lowest BCUT2D eigenvalue weighted by atomic mass is 10.0. The summed E-state index contributed by atoms with van der Waals surface area (Å²) in [6.07, 6.45) is 23.0. The van der Waals surface area contributed by atoms with E-state index in [2.05, 4.69) is 84.6 Å². The van der Waals surface area contributed by atoms with Gasteiger partial charge in [0.05, 0.1) is 114 Å². The molecule has 4 fully saturated rings. The Labute approximate surface area is 736 Å². The SMILES string of the molecule is CC(=O)N1CCC(n2c(=O)[nH]c(=O)c3cnc4ccc(-c5cnc(CO)nc5)nc4c32)CC1.CC(=O)N1CCC(n2c(=O)[nH]c(=O)c3cnc4ccc(-c5cnc(N)nc5)nc4c32)CC1.COc1ncc(-c2ccc3ncc4c(=O)[nH]c(=O)n(C5CCN(C(C)=O)CC5)c4c3n2)cn1.[C-]#[N+]c1ncc(-c2ccc3ncc4c(=O)[nH]c(=O)n(C5CCN(C(C)=O)CC5)c4c3n2)cn1. The number of ether oxygens (including phenoxy) is 1. The van der Waals surface area contributed by atoms with Crippen LogP contribution >= 0.6 is 0 Å². The van der Waals surface area contributed by atoms with E-state index in [1.54, 1.807) is 124 Å². The number of nitrogens with one attached hydrogen (secondary N) is 4. The van der Waals surface area contributed by atoms with Gasteiger partial charge >= 0.3 is 34.7 Å². The van der Waals surface area contributed by atoms with Gasteiger partial charge in [-0.25, -0.2) is 69.0 Å². The number of nitrogens with zero attached hydrogens (tertiary/aromatic N) is 25. The van der Waals surface area contributed by atoms with Gasteiger partial charge in [-0.05, 0) is 99.9 Å². The van der Waals surface area contributed by atoms with E-state index in [1.807, 2.05) is 0 Å².